The molecule has 0 heterocycles. The molecule has 2 atom stereocenters. The monoisotopic (exact) mass is 569 g/mol. The Hall–Kier alpha value is -3.36. The third-order valence-electron chi connectivity index (χ3n) is 6.64. The zero-order chi connectivity index (χ0) is 28.7. The summed E-state index contributed by atoms with van der Waals surface area (Å²) in [5.41, 5.74) is 2.79. The highest BCUT2D eigenvalue weighted by molar-refractivity contribution is 7.92. The van der Waals surface area contributed by atoms with Gasteiger partial charge in [0.2, 0.25) is 11.8 Å². The molecule has 0 aliphatic heterocycles. The van der Waals surface area contributed by atoms with E-state index in [-0.39, 0.29) is 23.4 Å². The average Bonchev–Trinajstić information content (AvgIpc) is 2.90. The van der Waals surface area contributed by atoms with Gasteiger partial charge in [-0.3, -0.25) is 13.9 Å². The number of sulfonamides is 1. The quantitative estimate of drug-likeness (QED) is 0.331. The lowest BCUT2D eigenvalue weighted by atomic mass is 10.1. The Morgan fingerprint density at radius 2 is 1.64 bits per heavy atom. The van der Waals surface area contributed by atoms with Crippen LogP contribution in [-0.2, 0) is 26.2 Å². The Morgan fingerprint density at radius 1 is 0.949 bits per heavy atom. The van der Waals surface area contributed by atoms with Gasteiger partial charge in [-0.15, -0.1) is 0 Å². The summed E-state index contributed by atoms with van der Waals surface area (Å²) >= 11 is 6.15. The molecule has 0 saturated heterocycles. The van der Waals surface area contributed by atoms with Gasteiger partial charge in [0.25, 0.3) is 10.0 Å². The number of carbonyl (C=O) groups is 2. The molecule has 0 spiro atoms. The van der Waals surface area contributed by atoms with E-state index in [4.69, 9.17) is 11.6 Å². The first-order chi connectivity index (χ1) is 18.4. The predicted molar refractivity (Wildman–Crippen MR) is 156 cm³/mol. The highest BCUT2D eigenvalue weighted by atomic mass is 35.5. The van der Waals surface area contributed by atoms with E-state index in [1.54, 1.807) is 50.2 Å². The maximum absolute atomic E-state index is 14.0. The second kappa shape index (κ2) is 13.1. The first-order valence-corrected chi connectivity index (χ1v) is 14.7. The lowest BCUT2D eigenvalue weighted by molar-refractivity contribution is -0.139. The van der Waals surface area contributed by atoms with Crippen molar-refractivity contribution in [3.63, 3.8) is 0 Å². The fourth-order valence-electron chi connectivity index (χ4n) is 4.19. The van der Waals surface area contributed by atoms with Crippen LogP contribution in [-0.4, -0.2) is 43.8 Å². The summed E-state index contributed by atoms with van der Waals surface area (Å²) in [7, 11) is -4.12. The molecule has 7 nitrogen and oxygen atoms in total. The molecule has 3 aromatic rings. The van der Waals surface area contributed by atoms with Gasteiger partial charge < -0.3 is 10.2 Å². The Labute approximate surface area is 236 Å². The van der Waals surface area contributed by atoms with Gasteiger partial charge in [-0.05, 0) is 75.6 Å². The van der Waals surface area contributed by atoms with Crippen LogP contribution in [0.25, 0.3) is 0 Å². The van der Waals surface area contributed by atoms with Gasteiger partial charge in [-0.1, -0.05) is 66.6 Å². The topological polar surface area (TPSA) is 86.8 Å². The molecule has 9 heteroatoms. The fourth-order valence-corrected chi connectivity index (χ4v) is 5.91. The van der Waals surface area contributed by atoms with Gasteiger partial charge in [0.15, 0.2) is 0 Å². The normalized spacial score (nSPS) is 12.9. The third kappa shape index (κ3) is 7.61. The second-order valence-corrected chi connectivity index (χ2v) is 12.1. The minimum absolute atomic E-state index is 0.0555. The van der Waals surface area contributed by atoms with E-state index >= 15 is 0 Å². The number of nitrogens with one attached hydrogen (secondary N) is 1. The van der Waals surface area contributed by atoms with Crippen molar-refractivity contribution < 1.29 is 18.0 Å². The van der Waals surface area contributed by atoms with Crippen LogP contribution >= 0.6 is 11.6 Å². The Morgan fingerprint density at radius 3 is 2.26 bits per heavy atom. The van der Waals surface area contributed by atoms with E-state index in [0.717, 1.165) is 21.9 Å². The molecule has 2 amide bonds. The first kappa shape index (κ1) is 30.2. The predicted octanol–water partition coefficient (Wildman–Crippen LogP) is 5.48. The van der Waals surface area contributed by atoms with Gasteiger partial charge in [0, 0.05) is 17.6 Å². The molecule has 0 saturated carbocycles. The molecule has 3 aromatic carbocycles. The Kier molecular flexibility index (Phi) is 10.2. The number of amides is 2. The first-order valence-electron chi connectivity index (χ1n) is 12.9. The number of hydrogen-bond donors (Lipinski definition) is 1. The molecule has 0 radical (unpaired) electrons. The lowest BCUT2D eigenvalue weighted by Crippen LogP contribution is -2.52. The third-order valence-corrected chi connectivity index (χ3v) is 8.65. The van der Waals surface area contributed by atoms with Crippen LogP contribution in [0, 0.1) is 13.8 Å². The molecule has 0 aliphatic carbocycles. The summed E-state index contributed by atoms with van der Waals surface area (Å²) in [5.74, 6) is -0.803. The van der Waals surface area contributed by atoms with Crippen LogP contribution in [0.2, 0.25) is 5.02 Å². The van der Waals surface area contributed by atoms with E-state index in [9.17, 15) is 18.0 Å². The van der Waals surface area contributed by atoms with Crippen molar-refractivity contribution in [3.8, 4) is 0 Å². The highest BCUT2D eigenvalue weighted by Gasteiger charge is 2.33. The SMILES string of the molecule is CC[C@H](C)NC(=O)[C@H](C)N(Cc1cccc(C)c1)C(=O)CN(c1ccc(Cl)cc1C)S(=O)(=O)c1ccccc1. The van der Waals surface area contributed by atoms with Crippen molar-refractivity contribution in [1.29, 1.82) is 0 Å². The van der Waals surface area contributed by atoms with Crippen LogP contribution in [0.3, 0.4) is 0 Å². The number of aryl methyl sites for hydroxylation is 2. The summed E-state index contributed by atoms with van der Waals surface area (Å²) in [4.78, 5) is 28.6. The van der Waals surface area contributed by atoms with Crippen molar-refractivity contribution in [2.75, 3.05) is 10.8 Å². The zero-order valence-corrected chi connectivity index (χ0v) is 24.6. The smallest absolute Gasteiger partial charge is 0.264 e. The fraction of sp³-hybridized carbons (Fsp3) is 0.333. The maximum Gasteiger partial charge on any atom is 0.264 e. The highest BCUT2D eigenvalue weighted by Crippen LogP contribution is 2.29. The molecular weight excluding hydrogens is 534 g/mol. The Balaban J connectivity index is 2.05. The second-order valence-electron chi connectivity index (χ2n) is 9.76. The van der Waals surface area contributed by atoms with Crippen molar-refractivity contribution in [3.05, 3.63) is 94.5 Å². The van der Waals surface area contributed by atoms with E-state index in [2.05, 4.69) is 5.32 Å². The minimum atomic E-state index is -4.12. The number of rotatable bonds is 11. The molecule has 3 rings (SSSR count). The standard InChI is InChI=1S/C30H36ClN3O4S/c1-6-23(4)32-30(36)24(5)33(19-25-12-10-11-21(2)17-25)29(35)20-34(28-16-15-26(31)18-22(28)3)39(37,38)27-13-8-7-9-14-27/h7-18,23-24H,6,19-20H2,1-5H3,(H,32,36)/t23-,24-/m0/s1. The van der Waals surface area contributed by atoms with Crippen LogP contribution in [0.4, 0.5) is 5.69 Å². The molecule has 0 aromatic heterocycles. The number of nitrogens with zero attached hydrogens (tertiary/aromatic N) is 2. The molecule has 0 bridgehead atoms. The largest absolute Gasteiger partial charge is 0.352 e. The average molecular weight is 570 g/mol. The van der Waals surface area contributed by atoms with E-state index in [1.807, 2.05) is 45.0 Å². The van der Waals surface area contributed by atoms with E-state index in [0.29, 0.717) is 16.3 Å². The summed E-state index contributed by atoms with van der Waals surface area (Å²) in [6.45, 7) is 8.87. The van der Waals surface area contributed by atoms with Crippen molar-refractivity contribution >= 4 is 39.1 Å². The summed E-state index contributed by atoms with van der Waals surface area (Å²) < 4.78 is 28.8. The number of anilines is 1. The van der Waals surface area contributed by atoms with Crippen LogP contribution in [0.1, 0.15) is 43.9 Å². The Bertz CT molecular complexity index is 1410. The van der Waals surface area contributed by atoms with Crippen LogP contribution in [0.5, 0.6) is 0 Å². The molecule has 0 fully saturated rings. The minimum Gasteiger partial charge on any atom is -0.352 e. The maximum atomic E-state index is 14.0. The zero-order valence-electron chi connectivity index (χ0n) is 23.0. The summed E-state index contributed by atoms with van der Waals surface area (Å²) in [6.07, 6.45) is 0.739. The molecule has 1 N–H and O–H groups in total. The number of carbonyl (C=O) groups excluding carboxylic acids is 2. The molecule has 39 heavy (non-hydrogen) atoms. The molecule has 0 unspecified atom stereocenters. The number of benzene rings is 3. The number of hydrogen-bond acceptors (Lipinski definition) is 4. The van der Waals surface area contributed by atoms with Gasteiger partial charge >= 0.3 is 0 Å². The molecule has 0 aliphatic rings. The van der Waals surface area contributed by atoms with Crippen molar-refractivity contribution in [2.24, 2.45) is 0 Å². The summed E-state index contributed by atoms with van der Waals surface area (Å²) in [6, 6.07) is 19.6. The van der Waals surface area contributed by atoms with Gasteiger partial charge in [0.05, 0.1) is 10.6 Å². The molecular formula is C30H36ClN3O4S. The van der Waals surface area contributed by atoms with Gasteiger partial charge in [-0.25, -0.2) is 8.42 Å². The van der Waals surface area contributed by atoms with Gasteiger partial charge in [-0.2, -0.15) is 0 Å². The van der Waals surface area contributed by atoms with Crippen LogP contribution < -0.4 is 9.62 Å². The molecule has 208 valence electrons. The van der Waals surface area contributed by atoms with Crippen molar-refractivity contribution in [1.82, 2.24) is 10.2 Å². The summed E-state index contributed by atoms with van der Waals surface area (Å²) in [5, 5.41) is 3.39. The van der Waals surface area contributed by atoms with Gasteiger partial charge in [0.1, 0.15) is 12.6 Å². The lowest BCUT2D eigenvalue weighted by Gasteiger charge is -2.33. The van der Waals surface area contributed by atoms with E-state index < -0.39 is 28.5 Å². The van der Waals surface area contributed by atoms with Crippen molar-refractivity contribution in [2.45, 2.75) is 64.6 Å². The van der Waals surface area contributed by atoms with E-state index in [1.165, 1.54) is 17.0 Å². The number of halogens is 1. The van der Waals surface area contributed by atoms with Crippen LogP contribution in [0.15, 0.2) is 77.7 Å².